The summed E-state index contributed by atoms with van der Waals surface area (Å²) in [5.74, 6) is 0.323. The third-order valence-electron chi connectivity index (χ3n) is 3.68. The lowest BCUT2D eigenvalue weighted by molar-refractivity contribution is -0.118. The predicted molar refractivity (Wildman–Crippen MR) is 102 cm³/mol. The number of nitrogens with one attached hydrogen (secondary N) is 1. The average molecular weight is 372 g/mol. The van der Waals surface area contributed by atoms with Crippen LogP contribution in [0, 0.1) is 0 Å². The lowest BCUT2D eigenvalue weighted by Gasteiger charge is -2.11. The molecule has 1 heterocycles. The number of benzene rings is 2. The van der Waals surface area contributed by atoms with E-state index in [2.05, 4.69) is 16.5 Å². The first-order valence-electron chi connectivity index (χ1n) is 7.90. The first-order valence-corrected chi connectivity index (χ1v) is 9.27. The van der Waals surface area contributed by atoms with E-state index in [1.165, 1.54) is 11.8 Å². The van der Waals surface area contributed by atoms with Crippen LogP contribution < -0.4 is 5.32 Å². The summed E-state index contributed by atoms with van der Waals surface area (Å²) >= 11 is 7.55. The van der Waals surface area contributed by atoms with Crippen molar-refractivity contribution in [1.82, 2.24) is 15.1 Å². The van der Waals surface area contributed by atoms with Crippen LogP contribution in [0.15, 0.2) is 71.9 Å². The van der Waals surface area contributed by atoms with E-state index in [-0.39, 0.29) is 5.91 Å². The summed E-state index contributed by atoms with van der Waals surface area (Å²) in [5.41, 5.74) is 2.24. The number of hydrogen-bond donors (Lipinski definition) is 1. The van der Waals surface area contributed by atoms with E-state index < -0.39 is 0 Å². The van der Waals surface area contributed by atoms with Gasteiger partial charge in [0.05, 0.1) is 17.3 Å². The molecule has 6 heteroatoms. The lowest BCUT2D eigenvalue weighted by atomic mass is 10.1. The Morgan fingerprint density at radius 2 is 1.84 bits per heavy atom. The van der Waals surface area contributed by atoms with Crippen molar-refractivity contribution >= 4 is 29.3 Å². The van der Waals surface area contributed by atoms with Gasteiger partial charge in [0, 0.05) is 23.8 Å². The summed E-state index contributed by atoms with van der Waals surface area (Å²) < 4.78 is 1.87. The molecule has 0 atom stereocenters. The molecule has 3 aromatic rings. The Morgan fingerprint density at radius 1 is 1.08 bits per heavy atom. The van der Waals surface area contributed by atoms with Crippen LogP contribution in [0.2, 0.25) is 5.02 Å². The topological polar surface area (TPSA) is 46.9 Å². The van der Waals surface area contributed by atoms with Crippen molar-refractivity contribution in [3.05, 3.63) is 83.1 Å². The zero-order valence-corrected chi connectivity index (χ0v) is 15.1. The smallest absolute Gasteiger partial charge is 0.230 e. The van der Waals surface area contributed by atoms with Crippen LogP contribution in [0.4, 0.5) is 0 Å². The first-order chi connectivity index (χ1) is 12.2. The van der Waals surface area contributed by atoms with Crippen LogP contribution in [0.1, 0.15) is 11.1 Å². The van der Waals surface area contributed by atoms with Crippen LogP contribution in [0.5, 0.6) is 0 Å². The second kappa shape index (κ2) is 8.74. The minimum absolute atomic E-state index is 0.0150. The molecule has 0 unspecified atom stereocenters. The van der Waals surface area contributed by atoms with Gasteiger partial charge in [-0.2, -0.15) is 5.10 Å². The van der Waals surface area contributed by atoms with E-state index in [0.29, 0.717) is 23.9 Å². The molecular weight excluding hydrogens is 354 g/mol. The van der Waals surface area contributed by atoms with Crippen LogP contribution in [0.3, 0.4) is 0 Å². The Balaban J connectivity index is 1.54. The fraction of sp³-hybridized carbons (Fsp3) is 0.158. The van der Waals surface area contributed by atoms with Crippen LogP contribution in [-0.2, 0) is 17.9 Å². The van der Waals surface area contributed by atoms with Gasteiger partial charge >= 0.3 is 0 Å². The molecule has 0 radical (unpaired) electrons. The molecule has 1 N–H and O–H groups in total. The van der Waals surface area contributed by atoms with E-state index in [0.717, 1.165) is 16.0 Å². The fourth-order valence-corrected chi connectivity index (χ4v) is 3.47. The summed E-state index contributed by atoms with van der Waals surface area (Å²) in [6, 6.07) is 17.5. The van der Waals surface area contributed by atoms with Crippen molar-refractivity contribution in [3.8, 4) is 0 Å². The van der Waals surface area contributed by atoms with Crippen molar-refractivity contribution < 1.29 is 4.79 Å². The molecule has 2 aromatic carbocycles. The molecule has 25 heavy (non-hydrogen) atoms. The number of halogens is 1. The third kappa shape index (κ3) is 5.11. The maximum Gasteiger partial charge on any atom is 0.230 e. The van der Waals surface area contributed by atoms with Gasteiger partial charge in [0.15, 0.2) is 0 Å². The van der Waals surface area contributed by atoms with Crippen LogP contribution in [0.25, 0.3) is 0 Å². The molecular formula is C19H18ClN3OS. The third-order valence-corrected chi connectivity index (χ3v) is 5.20. The van der Waals surface area contributed by atoms with Crippen molar-refractivity contribution in [3.63, 3.8) is 0 Å². The molecule has 0 bridgehead atoms. The predicted octanol–water partition coefficient (Wildman–Crippen LogP) is 3.99. The second-order valence-electron chi connectivity index (χ2n) is 5.47. The number of thioether (sulfide) groups is 1. The molecule has 1 amide bonds. The number of amides is 1. The highest BCUT2D eigenvalue weighted by Crippen LogP contribution is 2.26. The molecule has 0 aliphatic heterocycles. The molecule has 0 fully saturated rings. The van der Waals surface area contributed by atoms with Crippen molar-refractivity contribution in [2.75, 3.05) is 5.75 Å². The monoisotopic (exact) mass is 371 g/mol. The summed E-state index contributed by atoms with van der Waals surface area (Å²) in [6.07, 6.45) is 3.69. The molecule has 1 aromatic heterocycles. The minimum Gasteiger partial charge on any atom is -0.351 e. The van der Waals surface area contributed by atoms with E-state index >= 15 is 0 Å². The Kier molecular flexibility index (Phi) is 6.14. The van der Waals surface area contributed by atoms with Gasteiger partial charge in [0.2, 0.25) is 5.91 Å². The maximum absolute atomic E-state index is 12.1. The van der Waals surface area contributed by atoms with Gasteiger partial charge in [0.1, 0.15) is 0 Å². The van der Waals surface area contributed by atoms with Crippen LogP contribution >= 0.6 is 23.4 Å². The van der Waals surface area contributed by atoms with Gasteiger partial charge in [-0.1, -0.05) is 48.0 Å². The molecule has 128 valence electrons. The Hall–Kier alpha value is -2.24. The Morgan fingerprint density at radius 3 is 2.60 bits per heavy atom. The standard InChI is InChI=1S/C19H18ClN3OS/c20-17-8-3-4-9-18(17)25-14-19(24)21-12-15-6-1-2-7-16(15)13-23-11-5-10-22-23/h1-11H,12-14H2,(H,21,24). The van der Waals surface area contributed by atoms with Crippen molar-refractivity contribution in [2.45, 2.75) is 18.0 Å². The SMILES string of the molecule is O=C(CSc1ccccc1Cl)NCc1ccccc1Cn1cccn1. The number of nitrogens with zero attached hydrogens (tertiary/aromatic N) is 2. The highest BCUT2D eigenvalue weighted by atomic mass is 35.5. The first kappa shape index (κ1) is 17.6. The molecule has 0 spiro atoms. The van der Waals surface area contributed by atoms with Crippen LogP contribution in [-0.4, -0.2) is 21.4 Å². The molecule has 4 nitrogen and oxygen atoms in total. The average Bonchev–Trinajstić information content (AvgIpc) is 3.13. The molecule has 0 saturated heterocycles. The second-order valence-corrected chi connectivity index (χ2v) is 6.89. The minimum atomic E-state index is -0.0150. The van der Waals surface area contributed by atoms with E-state index in [1.54, 1.807) is 6.20 Å². The molecule has 3 rings (SSSR count). The summed E-state index contributed by atoms with van der Waals surface area (Å²) in [5, 5.41) is 7.88. The number of hydrogen-bond acceptors (Lipinski definition) is 3. The summed E-state index contributed by atoms with van der Waals surface area (Å²) in [4.78, 5) is 13.1. The largest absolute Gasteiger partial charge is 0.351 e. The van der Waals surface area contributed by atoms with Gasteiger partial charge in [-0.15, -0.1) is 11.8 Å². The number of aromatic nitrogens is 2. The van der Waals surface area contributed by atoms with Crippen molar-refractivity contribution in [2.24, 2.45) is 0 Å². The lowest BCUT2D eigenvalue weighted by Crippen LogP contribution is -2.25. The maximum atomic E-state index is 12.1. The van der Waals surface area contributed by atoms with Gasteiger partial charge in [-0.25, -0.2) is 0 Å². The fourth-order valence-electron chi connectivity index (χ4n) is 2.40. The van der Waals surface area contributed by atoms with E-state index in [1.807, 2.05) is 59.4 Å². The normalized spacial score (nSPS) is 10.6. The molecule has 0 aliphatic carbocycles. The quantitative estimate of drug-likeness (QED) is 0.639. The summed E-state index contributed by atoms with van der Waals surface area (Å²) in [7, 11) is 0. The zero-order valence-electron chi connectivity index (χ0n) is 13.6. The van der Waals surface area contributed by atoms with Gasteiger partial charge in [-0.05, 0) is 29.3 Å². The van der Waals surface area contributed by atoms with Gasteiger partial charge < -0.3 is 5.32 Å². The number of carbonyl (C=O) groups is 1. The number of rotatable bonds is 7. The van der Waals surface area contributed by atoms with Gasteiger partial charge in [-0.3, -0.25) is 9.48 Å². The highest BCUT2D eigenvalue weighted by Gasteiger charge is 2.07. The van der Waals surface area contributed by atoms with E-state index in [4.69, 9.17) is 11.6 Å². The van der Waals surface area contributed by atoms with Gasteiger partial charge in [0.25, 0.3) is 0 Å². The Labute approximate surface area is 156 Å². The number of carbonyl (C=O) groups excluding carboxylic acids is 1. The molecule has 0 saturated carbocycles. The summed E-state index contributed by atoms with van der Waals surface area (Å²) in [6.45, 7) is 1.19. The highest BCUT2D eigenvalue weighted by molar-refractivity contribution is 8.00. The Bertz CT molecular complexity index is 836. The molecule has 0 aliphatic rings. The van der Waals surface area contributed by atoms with E-state index in [9.17, 15) is 4.79 Å². The van der Waals surface area contributed by atoms with Crippen molar-refractivity contribution in [1.29, 1.82) is 0 Å². The zero-order chi connectivity index (χ0) is 17.5.